The van der Waals surface area contributed by atoms with E-state index in [0.29, 0.717) is 13.1 Å². The van der Waals surface area contributed by atoms with Gasteiger partial charge in [-0.15, -0.1) is 0 Å². The van der Waals surface area contributed by atoms with Gasteiger partial charge in [-0.25, -0.2) is 4.98 Å². The van der Waals surface area contributed by atoms with E-state index < -0.39 is 0 Å². The second kappa shape index (κ2) is 7.64. The predicted molar refractivity (Wildman–Crippen MR) is 106 cm³/mol. The minimum absolute atomic E-state index is 0.126. The summed E-state index contributed by atoms with van der Waals surface area (Å²) in [6.07, 6.45) is 7.39. The standard InChI is InChI=1S/C19H21BrN6O/c1-13(27)25-7-3-5-15(12-25)17-8-18(22-10-14-4-2-6-21-9-14)26-19(24-17)16(20)11-23-26/h2,4,6,8-9,11,15,22H,3,5,7,10,12H2,1H3. The first kappa shape index (κ1) is 17.9. The van der Waals surface area contributed by atoms with Crippen LogP contribution >= 0.6 is 15.9 Å². The zero-order chi connectivity index (χ0) is 18.8. The number of pyridine rings is 1. The minimum Gasteiger partial charge on any atom is -0.366 e. The van der Waals surface area contributed by atoms with Crippen molar-refractivity contribution in [2.45, 2.75) is 32.2 Å². The van der Waals surface area contributed by atoms with E-state index in [2.05, 4.69) is 37.4 Å². The zero-order valence-electron chi connectivity index (χ0n) is 15.1. The zero-order valence-corrected chi connectivity index (χ0v) is 16.7. The van der Waals surface area contributed by atoms with Crippen molar-refractivity contribution in [1.29, 1.82) is 0 Å². The number of fused-ring (bicyclic) bond motifs is 1. The summed E-state index contributed by atoms with van der Waals surface area (Å²) in [7, 11) is 0. The van der Waals surface area contributed by atoms with Crippen molar-refractivity contribution in [3.63, 3.8) is 0 Å². The van der Waals surface area contributed by atoms with Crippen molar-refractivity contribution in [2.24, 2.45) is 0 Å². The molecule has 27 heavy (non-hydrogen) atoms. The smallest absolute Gasteiger partial charge is 0.219 e. The summed E-state index contributed by atoms with van der Waals surface area (Å²) in [5.74, 6) is 1.24. The third-order valence-corrected chi connectivity index (χ3v) is 5.49. The first-order valence-electron chi connectivity index (χ1n) is 9.04. The van der Waals surface area contributed by atoms with Crippen LogP contribution < -0.4 is 5.32 Å². The molecule has 1 fully saturated rings. The summed E-state index contributed by atoms with van der Waals surface area (Å²) >= 11 is 3.54. The van der Waals surface area contributed by atoms with Crippen molar-refractivity contribution < 1.29 is 4.79 Å². The maximum atomic E-state index is 11.8. The van der Waals surface area contributed by atoms with E-state index in [9.17, 15) is 4.79 Å². The molecule has 8 heteroatoms. The molecule has 1 atom stereocenters. The molecule has 1 N–H and O–H groups in total. The molecule has 1 saturated heterocycles. The van der Waals surface area contributed by atoms with Gasteiger partial charge in [0.25, 0.3) is 0 Å². The van der Waals surface area contributed by atoms with E-state index in [1.165, 1.54) is 0 Å². The first-order valence-corrected chi connectivity index (χ1v) is 9.83. The maximum absolute atomic E-state index is 11.8. The van der Waals surface area contributed by atoms with Gasteiger partial charge in [0.1, 0.15) is 5.82 Å². The van der Waals surface area contributed by atoms with Gasteiger partial charge < -0.3 is 10.2 Å². The first-order chi connectivity index (χ1) is 13.1. The van der Waals surface area contributed by atoms with Gasteiger partial charge in [-0.2, -0.15) is 9.61 Å². The van der Waals surface area contributed by atoms with E-state index >= 15 is 0 Å². The molecule has 0 spiro atoms. The number of rotatable bonds is 4. The van der Waals surface area contributed by atoms with Crippen LogP contribution in [0.3, 0.4) is 0 Å². The molecule has 0 bridgehead atoms. The number of piperidine rings is 1. The third kappa shape index (κ3) is 3.80. The van der Waals surface area contributed by atoms with E-state index in [1.807, 2.05) is 23.2 Å². The Morgan fingerprint density at radius 1 is 1.41 bits per heavy atom. The number of carbonyl (C=O) groups is 1. The number of likely N-dealkylation sites (tertiary alicyclic amines) is 1. The van der Waals surface area contributed by atoms with Crippen molar-refractivity contribution >= 4 is 33.3 Å². The average Bonchev–Trinajstić information content (AvgIpc) is 3.08. The van der Waals surface area contributed by atoms with Crippen molar-refractivity contribution in [2.75, 3.05) is 18.4 Å². The second-order valence-electron chi connectivity index (χ2n) is 6.81. The Morgan fingerprint density at radius 3 is 3.07 bits per heavy atom. The van der Waals surface area contributed by atoms with Gasteiger partial charge in [0.05, 0.1) is 16.4 Å². The monoisotopic (exact) mass is 428 g/mol. The van der Waals surface area contributed by atoms with Gasteiger partial charge in [0, 0.05) is 50.9 Å². The molecule has 1 amide bonds. The molecule has 1 aliphatic rings. The van der Waals surface area contributed by atoms with Gasteiger partial charge in [0.15, 0.2) is 5.65 Å². The molecule has 1 unspecified atom stereocenters. The Labute approximate surface area is 165 Å². The van der Waals surface area contributed by atoms with Gasteiger partial charge in [-0.1, -0.05) is 6.07 Å². The molecule has 140 valence electrons. The Hall–Kier alpha value is -2.48. The molecule has 3 aromatic heterocycles. The van der Waals surface area contributed by atoms with Crippen molar-refractivity contribution in [3.8, 4) is 0 Å². The number of hydrogen-bond donors (Lipinski definition) is 1. The third-order valence-electron chi connectivity index (χ3n) is 4.93. The molecular formula is C19H21BrN6O. The van der Waals surface area contributed by atoms with Crippen LogP contribution in [0.4, 0.5) is 5.82 Å². The lowest BCUT2D eigenvalue weighted by Gasteiger charge is -2.32. The summed E-state index contributed by atoms with van der Waals surface area (Å²) < 4.78 is 2.66. The van der Waals surface area contributed by atoms with Gasteiger partial charge in [-0.3, -0.25) is 9.78 Å². The SMILES string of the molecule is CC(=O)N1CCCC(c2cc(NCc3cccnc3)n3ncc(Br)c3n2)C1. The minimum atomic E-state index is 0.126. The van der Waals surface area contributed by atoms with E-state index in [4.69, 9.17) is 4.98 Å². The lowest BCUT2D eigenvalue weighted by atomic mass is 9.94. The highest BCUT2D eigenvalue weighted by atomic mass is 79.9. The normalized spacial score (nSPS) is 17.3. The Bertz CT molecular complexity index is 957. The molecule has 4 rings (SSSR count). The Kier molecular flexibility index (Phi) is 5.07. The maximum Gasteiger partial charge on any atom is 0.219 e. The molecular weight excluding hydrogens is 408 g/mol. The van der Waals surface area contributed by atoms with Crippen LogP contribution in [0.5, 0.6) is 0 Å². The Morgan fingerprint density at radius 2 is 2.30 bits per heavy atom. The van der Waals surface area contributed by atoms with E-state index in [0.717, 1.165) is 46.6 Å². The number of anilines is 1. The molecule has 0 aliphatic carbocycles. The fourth-order valence-corrected chi connectivity index (χ4v) is 3.84. The number of aromatic nitrogens is 4. The molecule has 4 heterocycles. The number of nitrogens with one attached hydrogen (secondary N) is 1. The molecule has 1 aliphatic heterocycles. The van der Waals surface area contributed by atoms with Crippen molar-refractivity contribution in [3.05, 3.63) is 52.5 Å². The summed E-state index contributed by atoms with van der Waals surface area (Å²) in [6, 6.07) is 6.01. The van der Waals surface area contributed by atoms with Gasteiger partial charge in [0.2, 0.25) is 5.91 Å². The average molecular weight is 429 g/mol. The van der Waals surface area contributed by atoms with Crippen LogP contribution in [-0.2, 0) is 11.3 Å². The largest absolute Gasteiger partial charge is 0.366 e. The predicted octanol–water partition coefficient (Wildman–Crippen LogP) is 3.22. The topological polar surface area (TPSA) is 75.4 Å². The van der Waals surface area contributed by atoms with Crippen LogP contribution in [0, 0.1) is 0 Å². The lowest BCUT2D eigenvalue weighted by Crippen LogP contribution is -2.37. The molecule has 7 nitrogen and oxygen atoms in total. The number of hydrogen-bond acceptors (Lipinski definition) is 5. The number of carbonyl (C=O) groups excluding carboxylic acids is 1. The summed E-state index contributed by atoms with van der Waals surface area (Å²) in [5, 5.41) is 7.87. The number of nitrogens with zero attached hydrogens (tertiary/aromatic N) is 5. The highest BCUT2D eigenvalue weighted by molar-refractivity contribution is 9.10. The van der Waals surface area contributed by atoms with Crippen LogP contribution in [0.2, 0.25) is 0 Å². The Balaban J connectivity index is 1.65. The highest BCUT2D eigenvalue weighted by Gasteiger charge is 2.25. The van der Waals surface area contributed by atoms with Gasteiger partial charge in [-0.05, 0) is 40.4 Å². The van der Waals surface area contributed by atoms with Crippen LogP contribution in [0.25, 0.3) is 5.65 Å². The fraction of sp³-hybridized carbons (Fsp3) is 0.368. The highest BCUT2D eigenvalue weighted by Crippen LogP contribution is 2.29. The fourth-order valence-electron chi connectivity index (χ4n) is 3.49. The van der Waals surface area contributed by atoms with Crippen molar-refractivity contribution in [1.82, 2.24) is 24.5 Å². The van der Waals surface area contributed by atoms with E-state index in [1.54, 1.807) is 23.8 Å². The van der Waals surface area contributed by atoms with Crippen LogP contribution in [0.1, 0.15) is 36.9 Å². The summed E-state index contributed by atoms with van der Waals surface area (Å²) in [5.41, 5.74) is 2.86. The lowest BCUT2D eigenvalue weighted by molar-refractivity contribution is -0.130. The molecule has 0 saturated carbocycles. The summed E-state index contributed by atoms with van der Waals surface area (Å²) in [4.78, 5) is 22.7. The second-order valence-corrected chi connectivity index (χ2v) is 7.67. The number of halogens is 1. The van der Waals surface area contributed by atoms with Crippen LogP contribution in [-0.4, -0.2) is 43.5 Å². The quantitative estimate of drug-likeness (QED) is 0.690. The summed E-state index contributed by atoms with van der Waals surface area (Å²) in [6.45, 7) is 3.82. The van der Waals surface area contributed by atoms with E-state index in [-0.39, 0.29) is 11.8 Å². The molecule has 0 radical (unpaired) electrons. The molecule has 3 aromatic rings. The molecule has 0 aromatic carbocycles. The van der Waals surface area contributed by atoms with Crippen LogP contribution in [0.15, 0.2) is 41.3 Å². The van der Waals surface area contributed by atoms with Gasteiger partial charge >= 0.3 is 0 Å². The number of amides is 1.